The molecule has 4 heteroatoms. The lowest BCUT2D eigenvalue weighted by atomic mass is 10.3. The number of amides is 1. The van der Waals surface area contributed by atoms with E-state index in [0.29, 0.717) is 13.2 Å². The summed E-state index contributed by atoms with van der Waals surface area (Å²) in [5.74, 6) is 0. The summed E-state index contributed by atoms with van der Waals surface area (Å²) in [7, 11) is 3.33. The molecule has 4 nitrogen and oxygen atoms in total. The summed E-state index contributed by atoms with van der Waals surface area (Å²) in [4.78, 5) is 12.3. The summed E-state index contributed by atoms with van der Waals surface area (Å²) in [6.45, 7) is 2.94. The van der Waals surface area contributed by atoms with Crippen molar-refractivity contribution in [3.8, 4) is 0 Å². The molecule has 0 atom stereocenters. The van der Waals surface area contributed by atoms with E-state index in [1.807, 2.05) is 0 Å². The van der Waals surface area contributed by atoms with Gasteiger partial charge in [-0.15, -0.1) is 0 Å². The number of hydrogen-bond donors (Lipinski definition) is 0. The molecule has 0 aromatic heterocycles. The van der Waals surface area contributed by atoms with Crippen molar-refractivity contribution < 1.29 is 14.3 Å². The largest absolute Gasteiger partial charge is 0.385 e. The van der Waals surface area contributed by atoms with Crippen LogP contribution in [-0.2, 0) is 14.3 Å². The van der Waals surface area contributed by atoms with Gasteiger partial charge in [0.25, 0.3) is 0 Å². The molecule has 13 heavy (non-hydrogen) atoms. The van der Waals surface area contributed by atoms with Gasteiger partial charge >= 0.3 is 0 Å². The maximum absolute atomic E-state index is 10.5. The van der Waals surface area contributed by atoms with Crippen molar-refractivity contribution in [3.05, 3.63) is 0 Å². The fourth-order valence-corrected chi connectivity index (χ4v) is 1.04. The van der Waals surface area contributed by atoms with Crippen molar-refractivity contribution in [2.75, 3.05) is 40.5 Å². The van der Waals surface area contributed by atoms with Crippen LogP contribution in [0.1, 0.15) is 12.8 Å². The highest BCUT2D eigenvalue weighted by atomic mass is 16.5. The molecule has 0 aliphatic rings. The molecule has 0 aromatic carbocycles. The van der Waals surface area contributed by atoms with E-state index >= 15 is 0 Å². The van der Waals surface area contributed by atoms with Gasteiger partial charge in [-0.25, -0.2) is 0 Å². The standard InChI is InChI=1S/C9H19NO3/c1-12-7-3-5-10(9-11)6-4-8-13-2/h9H,3-8H2,1-2H3. The SMILES string of the molecule is COCCCN(C=O)CCCOC. The summed E-state index contributed by atoms with van der Waals surface area (Å²) in [6, 6.07) is 0. The lowest BCUT2D eigenvalue weighted by molar-refractivity contribution is -0.118. The van der Waals surface area contributed by atoms with Crippen molar-refractivity contribution >= 4 is 6.41 Å². The molecule has 0 bridgehead atoms. The van der Waals surface area contributed by atoms with Crippen molar-refractivity contribution in [1.29, 1.82) is 0 Å². The lowest BCUT2D eigenvalue weighted by Crippen LogP contribution is -2.25. The van der Waals surface area contributed by atoms with Crippen molar-refractivity contribution in [2.45, 2.75) is 12.8 Å². The van der Waals surface area contributed by atoms with Gasteiger partial charge in [-0.2, -0.15) is 0 Å². The number of ether oxygens (including phenoxy) is 2. The topological polar surface area (TPSA) is 38.8 Å². The number of rotatable bonds is 9. The minimum atomic E-state index is 0.703. The van der Waals surface area contributed by atoms with Crippen LogP contribution in [0.2, 0.25) is 0 Å². The first-order chi connectivity index (χ1) is 6.35. The Bertz CT molecular complexity index is 109. The average molecular weight is 189 g/mol. The zero-order valence-corrected chi connectivity index (χ0v) is 8.49. The van der Waals surface area contributed by atoms with Crippen LogP contribution in [0, 0.1) is 0 Å². The molecule has 0 spiro atoms. The quantitative estimate of drug-likeness (QED) is 0.392. The van der Waals surface area contributed by atoms with E-state index in [0.717, 1.165) is 32.3 Å². The fraction of sp³-hybridized carbons (Fsp3) is 0.889. The molecule has 0 saturated carbocycles. The summed E-state index contributed by atoms with van der Waals surface area (Å²) in [5.41, 5.74) is 0. The van der Waals surface area contributed by atoms with Gasteiger partial charge in [0.05, 0.1) is 0 Å². The van der Waals surface area contributed by atoms with Crippen LogP contribution in [-0.4, -0.2) is 51.8 Å². The second-order valence-corrected chi connectivity index (χ2v) is 2.83. The molecular weight excluding hydrogens is 170 g/mol. The highest BCUT2D eigenvalue weighted by Crippen LogP contribution is 1.91. The summed E-state index contributed by atoms with van der Waals surface area (Å²) < 4.78 is 9.79. The first-order valence-electron chi connectivity index (χ1n) is 4.52. The average Bonchev–Trinajstić information content (AvgIpc) is 2.16. The second kappa shape index (κ2) is 9.48. The summed E-state index contributed by atoms with van der Waals surface area (Å²) >= 11 is 0. The van der Waals surface area contributed by atoms with Gasteiger partial charge in [0.1, 0.15) is 0 Å². The normalized spacial score (nSPS) is 10.0. The van der Waals surface area contributed by atoms with Gasteiger partial charge in [0.15, 0.2) is 0 Å². The Hall–Kier alpha value is -0.610. The highest BCUT2D eigenvalue weighted by molar-refractivity contribution is 5.46. The Balaban J connectivity index is 3.34. The van der Waals surface area contributed by atoms with Crippen LogP contribution in [0.5, 0.6) is 0 Å². The lowest BCUT2D eigenvalue weighted by Gasteiger charge is -2.16. The molecule has 78 valence electrons. The Morgan fingerprint density at radius 1 is 1.08 bits per heavy atom. The Morgan fingerprint density at radius 3 is 1.85 bits per heavy atom. The highest BCUT2D eigenvalue weighted by Gasteiger charge is 1.99. The van der Waals surface area contributed by atoms with E-state index in [1.54, 1.807) is 19.1 Å². The van der Waals surface area contributed by atoms with E-state index in [4.69, 9.17) is 9.47 Å². The number of methoxy groups -OCH3 is 2. The van der Waals surface area contributed by atoms with Gasteiger partial charge in [-0.3, -0.25) is 4.79 Å². The third-order valence-corrected chi connectivity index (χ3v) is 1.74. The van der Waals surface area contributed by atoms with Crippen LogP contribution in [0.4, 0.5) is 0 Å². The maximum atomic E-state index is 10.5. The number of carbonyl (C=O) groups excluding carboxylic acids is 1. The number of hydrogen-bond acceptors (Lipinski definition) is 3. The van der Waals surface area contributed by atoms with E-state index in [9.17, 15) is 4.79 Å². The van der Waals surface area contributed by atoms with Crippen molar-refractivity contribution in [2.24, 2.45) is 0 Å². The van der Waals surface area contributed by atoms with Crippen LogP contribution >= 0.6 is 0 Å². The first-order valence-corrected chi connectivity index (χ1v) is 4.52. The van der Waals surface area contributed by atoms with E-state index in [2.05, 4.69) is 0 Å². The summed E-state index contributed by atoms with van der Waals surface area (Å²) in [5, 5.41) is 0. The second-order valence-electron chi connectivity index (χ2n) is 2.83. The van der Waals surface area contributed by atoms with Gasteiger partial charge in [-0.05, 0) is 12.8 Å². The van der Waals surface area contributed by atoms with Crippen LogP contribution in [0.25, 0.3) is 0 Å². The molecule has 1 amide bonds. The van der Waals surface area contributed by atoms with Crippen LogP contribution in [0.3, 0.4) is 0 Å². The van der Waals surface area contributed by atoms with Gasteiger partial charge < -0.3 is 14.4 Å². The third-order valence-electron chi connectivity index (χ3n) is 1.74. The van der Waals surface area contributed by atoms with Gasteiger partial charge in [-0.1, -0.05) is 0 Å². The first kappa shape index (κ1) is 12.4. The monoisotopic (exact) mass is 189 g/mol. The molecule has 0 saturated heterocycles. The maximum Gasteiger partial charge on any atom is 0.209 e. The van der Waals surface area contributed by atoms with Crippen molar-refractivity contribution in [3.63, 3.8) is 0 Å². The minimum Gasteiger partial charge on any atom is -0.385 e. The molecule has 0 aliphatic carbocycles. The van der Waals surface area contributed by atoms with Crippen LogP contribution < -0.4 is 0 Å². The number of nitrogens with zero attached hydrogens (tertiary/aromatic N) is 1. The molecule has 0 fully saturated rings. The van der Waals surface area contributed by atoms with Crippen molar-refractivity contribution in [1.82, 2.24) is 4.90 Å². The predicted octanol–water partition coefficient (Wildman–Crippen LogP) is 0.518. The molecule has 0 N–H and O–H groups in total. The molecular formula is C9H19NO3. The molecule has 0 heterocycles. The zero-order valence-electron chi connectivity index (χ0n) is 8.49. The number of carbonyl (C=O) groups is 1. The van der Waals surface area contributed by atoms with Gasteiger partial charge in [0, 0.05) is 40.5 Å². The molecule has 0 unspecified atom stereocenters. The van der Waals surface area contributed by atoms with Gasteiger partial charge in [0.2, 0.25) is 6.41 Å². The molecule has 0 rings (SSSR count). The summed E-state index contributed by atoms with van der Waals surface area (Å²) in [6.07, 6.45) is 2.66. The fourth-order valence-electron chi connectivity index (χ4n) is 1.04. The third kappa shape index (κ3) is 7.74. The predicted molar refractivity (Wildman–Crippen MR) is 50.6 cm³/mol. The van der Waals surface area contributed by atoms with E-state index in [1.165, 1.54) is 0 Å². The molecule has 0 aliphatic heterocycles. The zero-order chi connectivity index (χ0) is 9.94. The van der Waals surface area contributed by atoms with Crippen LogP contribution in [0.15, 0.2) is 0 Å². The molecule has 0 aromatic rings. The Morgan fingerprint density at radius 2 is 1.54 bits per heavy atom. The Kier molecular flexibility index (Phi) is 9.03. The van der Waals surface area contributed by atoms with E-state index in [-0.39, 0.29) is 0 Å². The smallest absolute Gasteiger partial charge is 0.209 e. The Labute approximate surface area is 79.8 Å². The minimum absolute atomic E-state index is 0.703. The molecule has 0 radical (unpaired) electrons. The van der Waals surface area contributed by atoms with E-state index < -0.39 is 0 Å².